The van der Waals surface area contributed by atoms with E-state index < -0.39 is 11.7 Å². The standard InChI is InChI=1S/C31H30ClF4N/c32-30-27(10-4-11-28(30)31(34,35)36)26-9-3-7-23-6-1-2-8-25(23)29(26)24-14-12-21(13-15-24)18-22-19-37(20-22)17-5-16-33/h1-2,4,6,8,10-15,22H,3,5,7,9,16-20H2. The van der Waals surface area contributed by atoms with Crippen molar-refractivity contribution in [3.8, 4) is 0 Å². The number of fused-ring (bicyclic) bond motifs is 1. The second kappa shape index (κ2) is 11.0. The van der Waals surface area contributed by atoms with E-state index in [1.165, 1.54) is 17.2 Å². The summed E-state index contributed by atoms with van der Waals surface area (Å²) in [6, 6.07) is 20.8. The van der Waals surface area contributed by atoms with E-state index in [4.69, 9.17) is 11.6 Å². The fourth-order valence-corrected chi connectivity index (χ4v) is 6.07. The molecule has 0 unspecified atom stereocenters. The molecule has 1 aliphatic carbocycles. The second-order valence-corrected chi connectivity index (χ2v) is 10.5. The van der Waals surface area contributed by atoms with Crippen LogP contribution >= 0.6 is 11.6 Å². The number of nitrogens with zero attached hydrogens (tertiary/aromatic N) is 1. The molecule has 0 N–H and O–H groups in total. The van der Waals surface area contributed by atoms with Crippen LogP contribution in [0.3, 0.4) is 0 Å². The molecule has 0 radical (unpaired) electrons. The fourth-order valence-electron chi connectivity index (χ4n) is 5.72. The van der Waals surface area contributed by atoms with Crippen LogP contribution in [0.15, 0.2) is 66.7 Å². The highest BCUT2D eigenvalue weighted by atomic mass is 35.5. The Balaban J connectivity index is 1.51. The molecule has 0 spiro atoms. The van der Waals surface area contributed by atoms with E-state index in [2.05, 4.69) is 41.3 Å². The number of hydrogen-bond acceptors (Lipinski definition) is 1. The maximum Gasteiger partial charge on any atom is 0.417 e. The first-order chi connectivity index (χ1) is 17.8. The predicted molar refractivity (Wildman–Crippen MR) is 142 cm³/mol. The molecular weight excluding hydrogens is 498 g/mol. The molecule has 1 nitrogen and oxygen atoms in total. The molecule has 0 atom stereocenters. The van der Waals surface area contributed by atoms with Gasteiger partial charge < -0.3 is 4.90 Å². The van der Waals surface area contributed by atoms with Crippen molar-refractivity contribution in [1.82, 2.24) is 4.90 Å². The zero-order valence-corrected chi connectivity index (χ0v) is 21.4. The Bertz CT molecular complexity index is 1270. The van der Waals surface area contributed by atoms with Crippen molar-refractivity contribution in [2.45, 2.75) is 38.3 Å². The van der Waals surface area contributed by atoms with Crippen molar-refractivity contribution in [3.05, 3.63) is 105 Å². The summed E-state index contributed by atoms with van der Waals surface area (Å²) in [6.07, 6.45) is -0.616. The summed E-state index contributed by atoms with van der Waals surface area (Å²) in [5, 5.41) is -0.235. The quantitative estimate of drug-likeness (QED) is 0.278. The zero-order chi connectivity index (χ0) is 26.0. The van der Waals surface area contributed by atoms with Crippen LogP contribution in [-0.4, -0.2) is 31.2 Å². The van der Waals surface area contributed by atoms with Crippen LogP contribution in [0.25, 0.3) is 11.1 Å². The molecule has 3 aromatic rings. The minimum atomic E-state index is -4.51. The van der Waals surface area contributed by atoms with Crippen molar-refractivity contribution in [1.29, 1.82) is 0 Å². The Labute approximate surface area is 220 Å². The lowest BCUT2D eigenvalue weighted by Gasteiger charge is -2.39. The van der Waals surface area contributed by atoms with Gasteiger partial charge in [0.2, 0.25) is 0 Å². The highest BCUT2D eigenvalue weighted by Gasteiger charge is 2.35. The number of halogens is 5. The van der Waals surface area contributed by atoms with Gasteiger partial charge in [-0.25, -0.2) is 0 Å². The molecule has 1 fully saturated rings. The van der Waals surface area contributed by atoms with E-state index in [-0.39, 0.29) is 11.7 Å². The van der Waals surface area contributed by atoms with E-state index in [1.54, 1.807) is 6.07 Å². The Morgan fingerprint density at radius 1 is 0.865 bits per heavy atom. The Kier molecular flexibility index (Phi) is 7.73. The third-order valence-electron chi connectivity index (χ3n) is 7.50. The van der Waals surface area contributed by atoms with Gasteiger partial charge in [0.15, 0.2) is 0 Å². The molecule has 5 rings (SSSR count). The van der Waals surface area contributed by atoms with Crippen molar-refractivity contribution >= 4 is 22.7 Å². The fraction of sp³-hybridized carbons (Fsp3) is 0.355. The van der Waals surface area contributed by atoms with Gasteiger partial charge in [-0.05, 0) is 83.1 Å². The SMILES string of the molecule is FCCCN1CC(Cc2ccc(C3=C(c4cccc(C(F)(F)F)c4Cl)CCCc4ccccc43)cc2)C1. The van der Waals surface area contributed by atoms with Crippen molar-refractivity contribution in [3.63, 3.8) is 0 Å². The van der Waals surface area contributed by atoms with Crippen LogP contribution < -0.4 is 0 Å². The predicted octanol–water partition coefficient (Wildman–Crippen LogP) is 8.49. The van der Waals surface area contributed by atoms with E-state index in [0.717, 1.165) is 67.2 Å². The van der Waals surface area contributed by atoms with Gasteiger partial charge >= 0.3 is 6.18 Å². The highest BCUT2D eigenvalue weighted by Crippen LogP contribution is 2.44. The maximum absolute atomic E-state index is 13.7. The minimum absolute atomic E-state index is 0.235. The zero-order valence-electron chi connectivity index (χ0n) is 20.6. The van der Waals surface area contributed by atoms with E-state index in [9.17, 15) is 17.6 Å². The van der Waals surface area contributed by atoms with Gasteiger partial charge in [-0.15, -0.1) is 0 Å². The first kappa shape index (κ1) is 26.0. The molecule has 2 aliphatic rings. The highest BCUT2D eigenvalue weighted by molar-refractivity contribution is 6.33. The van der Waals surface area contributed by atoms with Gasteiger partial charge in [-0.3, -0.25) is 4.39 Å². The molecule has 0 saturated carbocycles. The van der Waals surface area contributed by atoms with Gasteiger partial charge in [-0.1, -0.05) is 72.3 Å². The lowest BCUT2D eigenvalue weighted by atomic mass is 9.86. The topological polar surface area (TPSA) is 3.24 Å². The van der Waals surface area contributed by atoms with Gasteiger partial charge in [0.05, 0.1) is 17.3 Å². The molecule has 1 saturated heterocycles. The van der Waals surface area contributed by atoms with E-state index in [0.29, 0.717) is 24.3 Å². The smallest absolute Gasteiger partial charge is 0.303 e. The number of benzene rings is 3. The lowest BCUT2D eigenvalue weighted by molar-refractivity contribution is -0.137. The van der Waals surface area contributed by atoms with Crippen LogP contribution in [0.5, 0.6) is 0 Å². The summed E-state index contributed by atoms with van der Waals surface area (Å²) in [5.74, 6) is 0.572. The van der Waals surface area contributed by atoms with Crippen LogP contribution in [0.4, 0.5) is 17.6 Å². The number of alkyl halides is 4. The van der Waals surface area contributed by atoms with Crippen molar-refractivity contribution in [2.75, 3.05) is 26.3 Å². The minimum Gasteiger partial charge on any atom is -0.303 e. The lowest BCUT2D eigenvalue weighted by Crippen LogP contribution is -2.47. The average molecular weight is 528 g/mol. The summed E-state index contributed by atoms with van der Waals surface area (Å²) >= 11 is 6.43. The van der Waals surface area contributed by atoms with E-state index >= 15 is 0 Å². The normalized spacial score (nSPS) is 16.9. The number of allylic oxidation sites excluding steroid dienone is 1. The molecule has 0 amide bonds. The molecule has 1 aliphatic heterocycles. The first-order valence-electron chi connectivity index (χ1n) is 12.9. The summed E-state index contributed by atoms with van der Waals surface area (Å²) < 4.78 is 53.5. The largest absolute Gasteiger partial charge is 0.417 e. The Hall–Kier alpha value is -2.63. The Morgan fingerprint density at radius 3 is 2.32 bits per heavy atom. The van der Waals surface area contributed by atoms with Crippen molar-refractivity contribution in [2.24, 2.45) is 5.92 Å². The van der Waals surface area contributed by atoms with Crippen molar-refractivity contribution < 1.29 is 17.6 Å². The third kappa shape index (κ3) is 5.63. The van der Waals surface area contributed by atoms with Crippen LogP contribution in [0, 0.1) is 5.92 Å². The molecule has 6 heteroatoms. The number of likely N-dealkylation sites (tertiary alicyclic amines) is 1. The van der Waals surface area contributed by atoms with Gasteiger partial charge in [0.1, 0.15) is 0 Å². The average Bonchev–Trinajstić information content (AvgIpc) is 3.05. The van der Waals surface area contributed by atoms with Gasteiger partial charge in [-0.2, -0.15) is 13.2 Å². The molecule has 3 aromatic carbocycles. The first-order valence-corrected chi connectivity index (χ1v) is 13.3. The molecule has 0 aromatic heterocycles. The molecule has 194 valence electrons. The molecule has 0 bridgehead atoms. The second-order valence-electron chi connectivity index (χ2n) is 10.1. The van der Waals surface area contributed by atoms with Crippen LogP contribution in [-0.2, 0) is 19.0 Å². The Morgan fingerprint density at radius 2 is 1.59 bits per heavy atom. The molecule has 37 heavy (non-hydrogen) atoms. The van der Waals surface area contributed by atoms with E-state index in [1.807, 2.05) is 12.1 Å². The van der Waals surface area contributed by atoms with Crippen LogP contribution in [0.2, 0.25) is 5.02 Å². The summed E-state index contributed by atoms with van der Waals surface area (Å²) in [4.78, 5) is 2.29. The maximum atomic E-state index is 13.7. The molecular formula is C31H30ClF4N. The number of aryl methyl sites for hydroxylation is 1. The number of hydrogen-bond donors (Lipinski definition) is 0. The van der Waals surface area contributed by atoms with Crippen LogP contribution in [0.1, 0.15) is 52.6 Å². The summed E-state index contributed by atoms with van der Waals surface area (Å²) in [5.41, 5.74) is 5.95. The molecule has 1 heterocycles. The third-order valence-corrected chi connectivity index (χ3v) is 7.91. The van der Waals surface area contributed by atoms with Gasteiger partial charge in [0.25, 0.3) is 0 Å². The summed E-state index contributed by atoms with van der Waals surface area (Å²) in [7, 11) is 0. The number of rotatable bonds is 7. The monoisotopic (exact) mass is 527 g/mol. The van der Waals surface area contributed by atoms with Gasteiger partial charge in [0, 0.05) is 19.6 Å². The summed E-state index contributed by atoms with van der Waals surface area (Å²) in [6.45, 7) is 2.55.